The fourth-order valence-electron chi connectivity index (χ4n) is 1.75. The van der Waals surface area contributed by atoms with Crippen LogP contribution < -0.4 is 15.6 Å². The summed E-state index contributed by atoms with van der Waals surface area (Å²) in [5.74, 6) is 0.906. The number of hydrazine groups is 1. The molecule has 0 aromatic heterocycles. The van der Waals surface area contributed by atoms with E-state index in [2.05, 4.69) is 26.8 Å². The molecule has 24 heavy (non-hydrogen) atoms. The number of halogens is 1. The lowest BCUT2D eigenvalue weighted by atomic mass is 10.2. The molecule has 5 nitrogen and oxygen atoms in total. The van der Waals surface area contributed by atoms with Crippen LogP contribution in [0.4, 0.5) is 0 Å². The molecule has 0 saturated heterocycles. The second-order valence-corrected chi connectivity index (χ2v) is 6.72. The number of hydrogen-bond acceptors (Lipinski definition) is 4. The number of carbonyl (C=O) groups is 2. The maximum atomic E-state index is 11.7. The third-order valence-electron chi connectivity index (χ3n) is 2.85. The van der Waals surface area contributed by atoms with Crippen LogP contribution in [-0.2, 0) is 15.3 Å². The van der Waals surface area contributed by atoms with Crippen LogP contribution in [0.1, 0.15) is 5.56 Å². The molecule has 7 heteroatoms. The van der Waals surface area contributed by atoms with Crippen LogP contribution in [-0.4, -0.2) is 24.2 Å². The molecule has 0 unspecified atom stereocenters. The van der Waals surface area contributed by atoms with Gasteiger partial charge in [-0.25, -0.2) is 0 Å². The van der Waals surface area contributed by atoms with Crippen LogP contribution in [0.25, 0.3) is 0 Å². The van der Waals surface area contributed by atoms with Gasteiger partial charge < -0.3 is 4.74 Å². The Morgan fingerprint density at radius 1 is 1.00 bits per heavy atom. The first kappa shape index (κ1) is 18.4. The molecule has 2 aromatic carbocycles. The van der Waals surface area contributed by atoms with E-state index in [1.807, 2.05) is 42.5 Å². The van der Waals surface area contributed by atoms with Crippen molar-refractivity contribution in [2.45, 2.75) is 5.75 Å². The molecule has 2 N–H and O–H groups in total. The van der Waals surface area contributed by atoms with Crippen LogP contribution in [0.15, 0.2) is 59.1 Å². The Morgan fingerprint density at radius 2 is 1.75 bits per heavy atom. The number of amides is 2. The van der Waals surface area contributed by atoms with E-state index in [0.717, 1.165) is 15.8 Å². The molecule has 2 rings (SSSR count). The molecule has 2 amide bonds. The van der Waals surface area contributed by atoms with Crippen molar-refractivity contribution in [3.63, 3.8) is 0 Å². The van der Waals surface area contributed by atoms with Crippen molar-refractivity contribution in [1.82, 2.24) is 10.9 Å². The Balaban J connectivity index is 1.60. The second-order valence-electron chi connectivity index (χ2n) is 4.82. The van der Waals surface area contributed by atoms with Crippen molar-refractivity contribution in [3.8, 4) is 5.75 Å². The smallest absolute Gasteiger partial charge is 0.276 e. The zero-order valence-corrected chi connectivity index (χ0v) is 15.2. The zero-order chi connectivity index (χ0) is 17.2. The average molecular weight is 409 g/mol. The van der Waals surface area contributed by atoms with Gasteiger partial charge in [-0.2, -0.15) is 0 Å². The minimum absolute atomic E-state index is 0.173. The summed E-state index contributed by atoms with van der Waals surface area (Å²) < 4.78 is 6.19. The molecule has 0 spiro atoms. The lowest BCUT2D eigenvalue weighted by Gasteiger charge is -2.09. The summed E-state index contributed by atoms with van der Waals surface area (Å²) in [6, 6.07) is 17.1. The molecule has 0 radical (unpaired) electrons. The number of benzene rings is 2. The lowest BCUT2D eigenvalue weighted by Crippen LogP contribution is -2.44. The predicted molar refractivity (Wildman–Crippen MR) is 98.5 cm³/mol. The van der Waals surface area contributed by atoms with Crippen molar-refractivity contribution >= 4 is 39.5 Å². The van der Waals surface area contributed by atoms with Gasteiger partial charge in [0, 0.05) is 10.2 Å². The molecule has 126 valence electrons. The fourth-order valence-corrected chi connectivity index (χ4v) is 2.92. The molecular weight excluding hydrogens is 392 g/mol. The van der Waals surface area contributed by atoms with E-state index >= 15 is 0 Å². The minimum atomic E-state index is -0.420. The second kappa shape index (κ2) is 10.00. The van der Waals surface area contributed by atoms with Crippen LogP contribution in [0.2, 0.25) is 0 Å². The number of thioether (sulfide) groups is 1. The van der Waals surface area contributed by atoms with Gasteiger partial charge in [0.2, 0.25) is 5.91 Å². The maximum absolute atomic E-state index is 11.7. The Morgan fingerprint density at radius 3 is 2.50 bits per heavy atom. The molecule has 0 aliphatic heterocycles. The zero-order valence-electron chi connectivity index (χ0n) is 12.8. The molecule has 0 fully saturated rings. The van der Waals surface area contributed by atoms with Crippen LogP contribution in [0, 0.1) is 0 Å². The molecule has 2 aromatic rings. The number of nitrogens with one attached hydrogen (secondary N) is 2. The normalized spacial score (nSPS) is 10.0. The summed E-state index contributed by atoms with van der Waals surface area (Å²) in [6.45, 7) is -0.173. The average Bonchev–Trinajstić information content (AvgIpc) is 2.59. The van der Waals surface area contributed by atoms with Crippen molar-refractivity contribution < 1.29 is 14.3 Å². The Labute approximate surface area is 153 Å². The highest BCUT2D eigenvalue weighted by molar-refractivity contribution is 9.10. The SMILES string of the molecule is O=C(COc1cccc(Br)c1)NNC(=O)CSCc1ccccc1. The summed E-state index contributed by atoms with van der Waals surface area (Å²) in [7, 11) is 0. The highest BCUT2D eigenvalue weighted by atomic mass is 79.9. The fraction of sp³-hybridized carbons (Fsp3) is 0.176. The largest absolute Gasteiger partial charge is 0.484 e. The number of rotatable bonds is 7. The molecular formula is C17H17BrN2O3S. The summed E-state index contributed by atoms with van der Waals surface area (Å²) in [4.78, 5) is 23.3. The first-order chi connectivity index (χ1) is 11.6. The summed E-state index contributed by atoms with van der Waals surface area (Å²) in [5.41, 5.74) is 5.85. The molecule has 0 saturated carbocycles. The van der Waals surface area contributed by atoms with Crippen molar-refractivity contribution in [2.24, 2.45) is 0 Å². The minimum Gasteiger partial charge on any atom is -0.484 e. The van der Waals surface area contributed by atoms with Gasteiger partial charge in [-0.1, -0.05) is 52.3 Å². The van der Waals surface area contributed by atoms with Gasteiger partial charge >= 0.3 is 0 Å². The van der Waals surface area contributed by atoms with E-state index in [1.165, 1.54) is 11.8 Å². The van der Waals surface area contributed by atoms with Crippen LogP contribution >= 0.6 is 27.7 Å². The summed E-state index contributed by atoms with van der Waals surface area (Å²) >= 11 is 4.80. The number of carbonyl (C=O) groups excluding carboxylic acids is 2. The van der Waals surface area contributed by atoms with E-state index < -0.39 is 5.91 Å². The number of hydrogen-bond donors (Lipinski definition) is 2. The first-order valence-corrected chi connectivity index (χ1v) is 9.16. The third kappa shape index (κ3) is 7.06. The van der Waals surface area contributed by atoms with Gasteiger partial charge in [0.05, 0.1) is 5.75 Å². The van der Waals surface area contributed by atoms with Crippen LogP contribution in [0.5, 0.6) is 5.75 Å². The Kier molecular flexibility index (Phi) is 7.64. The molecule has 0 heterocycles. The van der Waals surface area contributed by atoms with E-state index in [-0.39, 0.29) is 18.3 Å². The standard InChI is InChI=1S/C17H17BrN2O3S/c18-14-7-4-8-15(9-14)23-10-16(21)19-20-17(22)12-24-11-13-5-2-1-3-6-13/h1-9H,10-12H2,(H,19,21)(H,20,22). The lowest BCUT2D eigenvalue weighted by molar-refractivity contribution is -0.128. The molecule has 0 bridgehead atoms. The first-order valence-electron chi connectivity index (χ1n) is 7.21. The summed E-state index contributed by atoms with van der Waals surface area (Å²) in [6.07, 6.45) is 0. The quantitative estimate of drug-likeness (QED) is 0.691. The topological polar surface area (TPSA) is 67.4 Å². The van der Waals surface area contributed by atoms with Crippen molar-refractivity contribution in [2.75, 3.05) is 12.4 Å². The Bertz CT molecular complexity index is 683. The molecule has 0 aliphatic carbocycles. The van der Waals surface area contributed by atoms with Crippen molar-refractivity contribution in [1.29, 1.82) is 0 Å². The van der Waals surface area contributed by atoms with Gasteiger partial charge in [-0.05, 0) is 23.8 Å². The number of ether oxygens (including phenoxy) is 1. The monoisotopic (exact) mass is 408 g/mol. The van der Waals surface area contributed by atoms with E-state index in [9.17, 15) is 9.59 Å². The van der Waals surface area contributed by atoms with Crippen molar-refractivity contribution in [3.05, 3.63) is 64.6 Å². The van der Waals surface area contributed by atoms with Gasteiger partial charge in [0.25, 0.3) is 5.91 Å². The van der Waals surface area contributed by atoms with Gasteiger partial charge in [-0.15, -0.1) is 11.8 Å². The third-order valence-corrected chi connectivity index (χ3v) is 4.35. The predicted octanol–water partition coefficient (Wildman–Crippen LogP) is 2.91. The van der Waals surface area contributed by atoms with Gasteiger partial charge in [0.1, 0.15) is 5.75 Å². The Hall–Kier alpha value is -1.99. The van der Waals surface area contributed by atoms with Crippen LogP contribution in [0.3, 0.4) is 0 Å². The highest BCUT2D eigenvalue weighted by Crippen LogP contribution is 2.17. The molecule has 0 atom stereocenters. The van der Waals surface area contributed by atoms with E-state index in [0.29, 0.717) is 5.75 Å². The van der Waals surface area contributed by atoms with E-state index in [4.69, 9.17) is 4.74 Å². The molecule has 0 aliphatic rings. The van der Waals surface area contributed by atoms with E-state index in [1.54, 1.807) is 12.1 Å². The van der Waals surface area contributed by atoms with Gasteiger partial charge in [0.15, 0.2) is 6.61 Å². The van der Waals surface area contributed by atoms with Gasteiger partial charge in [-0.3, -0.25) is 20.4 Å². The highest BCUT2D eigenvalue weighted by Gasteiger charge is 2.06. The maximum Gasteiger partial charge on any atom is 0.276 e. The summed E-state index contributed by atoms with van der Waals surface area (Å²) in [5, 5.41) is 0.